The van der Waals surface area contributed by atoms with E-state index in [2.05, 4.69) is 20.8 Å². The summed E-state index contributed by atoms with van der Waals surface area (Å²) in [7, 11) is 0. The quantitative estimate of drug-likeness (QED) is 0.535. The van der Waals surface area contributed by atoms with Crippen LogP contribution in [0.4, 0.5) is 0 Å². The fraction of sp³-hybridized carbons (Fsp3) is 1.00. The fourth-order valence-corrected chi connectivity index (χ4v) is 2.29. The van der Waals surface area contributed by atoms with Crippen molar-refractivity contribution < 1.29 is 5.11 Å². The van der Waals surface area contributed by atoms with Crippen molar-refractivity contribution in [1.29, 1.82) is 0 Å². The Morgan fingerprint density at radius 2 is 1.67 bits per heavy atom. The first-order valence-electron chi connectivity index (χ1n) is 6.85. The maximum Gasteiger partial charge on any atom is 0.0456 e. The van der Waals surface area contributed by atoms with Gasteiger partial charge < -0.3 is 5.11 Å². The first-order valence-corrected chi connectivity index (χ1v) is 6.85. The maximum atomic E-state index is 9.06. The van der Waals surface area contributed by atoms with Gasteiger partial charge in [-0.25, -0.2) is 0 Å². The standard InChI is InChI=1S/C14H30O/c1-4-6-7-8-10-14(9-5-2)11-13(3)12-15/h13-15H,4-12H2,1-3H3. The highest BCUT2D eigenvalue weighted by atomic mass is 16.3. The summed E-state index contributed by atoms with van der Waals surface area (Å²) < 4.78 is 0. The number of hydrogen-bond acceptors (Lipinski definition) is 1. The molecule has 1 heteroatoms. The van der Waals surface area contributed by atoms with E-state index in [1.165, 1.54) is 51.4 Å². The number of aliphatic hydroxyl groups is 1. The van der Waals surface area contributed by atoms with Gasteiger partial charge >= 0.3 is 0 Å². The Kier molecular flexibility index (Phi) is 10.4. The van der Waals surface area contributed by atoms with Crippen molar-refractivity contribution in [3.8, 4) is 0 Å². The van der Waals surface area contributed by atoms with Gasteiger partial charge in [0.1, 0.15) is 0 Å². The van der Waals surface area contributed by atoms with E-state index in [0.29, 0.717) is 12.5 Å². The molecular formula is C14H30O. The zero-order chi connectivity index (χ0) is 11.5. The van der Waals surface area contributed by atoms with Gasteiger partial charge in [0.15, 0.2) is 0 Å². The van der Waals surface area contributed by atoms with Crippen LogP contribution in [-0.2, 0) is 0 Å². The van der Waals surface area contributed by atoms with Crippen LogP contribution in [0.3, 0.4) is 0 Å². The first kappa shape index (κ1) is 15.0. The zero-order valence-electron chi connectivity index (χ0n) is 11.0. The minimum absolute atomic E-state index is 0.356. The number of hydrogen-bond donors (Lipinski definition) is 1. The molecule has 2 unspecified atom stereocenters. The molecule has 0 bridgehead atoms. The Morgan fingerprint density at radius 1 is 0.933 bits per heavy atom. The second kappa shape index (κ2) is 10.5. The molecule has 0 aliphatic rings. The molecule has 0 amide bonds. The van der Waals surface area contributed by atoms with Gasteiger partial charge in [0.05, 0.1) is 0 Å². The topological polar surface area (TPSA) is 20.2 Å². The van der Waals surface area contributed by atoms with Crippen LogP contribution in [0.15, 0.2) is 0 Å². The van der Waals surface area contributed by atoms with Crippen LogP contribution in [0, 0.1) is 11.8 Å². The second-order valence-electron chi connectivity index (χ2n) is 5.03. The Hall–Kier alpha value is -0.0400. The van der Waals surface area contributed by atoms with Crippen molar-refractivity contribution in [2.45, 2.75) is 72.1 Å². The molecule has 0 saturated heterocycles. The minimum atomic E-state index is 0.356. The van der Waals surface area contributed by atoms with Crippen LogP contribution >= 0.6 is 0 Å². The molecule has 0 spiro atoms. The molecule has 92 valence electrons. The van der Waals surface area contributed by atoms with Gasteiger partial charge in [0.2, 0.25) is 0 Å². The average Bonchev–Trinajstić information content (AvgIpc) is 2.24. The molecule has 0 aromatic rings. The van der Waals surface area contributed by atoms with Crippen LogP contribution in [0.5, 0.6) is 0 Å². The molecule has 0 aromatic heterocycles. The monoisotopic (exact) mass is 214 g/mol. The van der Waals surface area contributed by atoms with Gasteiger partial charge in [-0.1, -0.05) is 65.7 Å². The van der Waals surface area contributed by atoms with Gasteiger partial charge in [0.25, 0.3) is 0 Å². The van der Waals surface area contributed by atoms with Crippen molar-refractivity contribution in [3.63, 3.8) is 0 Å². The lowest BCUT2D eigenvalue weighted by atomic mass is 9.88. The normalized spacial score (nSPS) is 15.2. The molecule has 0 aliphatic carbocycles. The predicted molar refractivity (Wildman–Crippen MR) is 68.0 cm³/mol. The molecule has 15 heavy (non-hydrogen) atoms. The molecule has 0 fully saturated rings. The molecule has 1 N–H and O–H groups in total. The molecule has 0 aliphatic heterocycles. The summed E-state index contributed by atoms with van der Waals surface area (Å²) in [6.07, 6.45) is 10.7. The van der Waals surface area contributed by atoms with Crippen LogP contribution in [0.2, 0.25) is 0 Å². The lowest BCUT2D eigenvalue weighted by Gasteiger charge is -2.19. The highest BCUT2D eigenvalue weighted by Crippen LogP contribution is 2.23. The van der Waals surface area contributed by atoms with E-state index in [-0.39, 0.29) is 0 Å². The van der Waals surface area contributed by atoms with Crippen LogP contribution in [-0.4, -0.2) is 11.7 Å². The Balaban J connectivity index is 3.62. The van der Waals surface area contributed by atoms with E-state index < -0.39 is 0 Å². The summed E-state index contributed by atoms with van der Waals surface area (Å²) in [5.41, 5.74) is 0. The van der Waals surface area contributed by atoms with Gasteiger partial charge in [-0.3, -0.25) is 0 Å². The summed E-state index contributed by atoms with van der Waals surface area (Å²) in [5, 5.41) is 9.06. The molecule has 2 atom stereocenters. The van der Waals surface area contributed by atoms with E-state index in [1.54, 1.807) is 0 Å². The van der Waals surface area contributed by atoms with Crippen LogP contribution < -0.4 is 0 Å². The van der Waals surface area contributed by atoms with Crippen molar-refractivity contribution >= 4 is 0 Å². The van der Waals surface area contributed by atoms with Gasteiger partial charge in [-0.2, -0.15) is 0 Å². The Labute approximate surface area is 96.3 Å². The molecule has 1 nitrogen and oxygen atoms in total. The van der Waals surface area contributed by atoms with Crippen molar-refractivity contribution in [2.24, 2.45) is 11.8 Å². The maximum absolute atomic E-state index is 9.06. The van der Waals surface area contributed by atoms with Crippen molar-refractivity contribution in [2.75, 3.05) is 6.61 Å². The smallest absolute Gasteiger partial charge is 0.0456 e. The third-order valence-electron chi connectivity index (χ3n) is 3.21. The molecule has 0 radical (unpaired) electrons. The lowest BCUT2D eigenvalue weighted by Crippen LogP contribution is -2.09. The predicted octanol–water partition coefficient (Wildman–Crippen LogP) is 4.39. The Morgan fingerprint density at radius 3 is 2.20 bits per heavy atom. The van der Waals surface area contributed by atoms with E-state index in [0.717, 1.165) is 5.92 Å². The highest BCUT2D eigenvalue weighted by Gasteiger charge is 2.11. The van der Waals surface area contributed by atoms with Crippen molar-refractivity contribution in [1.82, 2.24) is 0 Å². The van der Waals surface area contributed by atoms with E-state index >= 15 is 0 Å². The number of rotatable bonds is 10. The zero-order valence-corrected chi connectivity index (χ0v) is 11.0. The van der Waals surface area contributed by atoms with Crippen molar-refractivity contribution in [3.05, 3.63) is 0 Å². The largest absolute Gasteiger partial charge is 0.396 e. The number of aliphatic hydroxyl groups excluding tert-OH is 1. The van der Waals surface area contributed by atoms with Gasteiger partial charge in [-0.15, -0.1) is 0 Å². The summed E-state index contributed by atoms with van der Waals surface area (Å²) in [6.45, 7) is 7.05. The lowest BCUT2D eigenvalue weighted by molar-refractivity contribution is 0.204. The van der Waals surface area contributed by atoms with E-state index in [9.17, 15) is 0 Å². The summed E-state index contributed by atoms with van der Waals surface area (Å²) in [5.74, 6) is 1.35. The summed E-state index contributed by atoms with van der Waals surface area (Å²) in [4.78, 5) is 0. The molecular weight excluding hydrogens is 184 g/mol. The average molecular weight is 214 g/mol. The first-order chi connectivity index (χ1) is 7.24. The highest BCUT2D eigenvalue weighted by molar-refractivity contribution is 4.63. The fourth-order valence-electron chi connectivity index (χ4n) is 2.29. The minimum Gasteiger partial charge on any atom is -0.396 e. The molecule has 0 saturated carbocycles. The van der Waals surface area contributed by atoms with Gasteiger partial charge in [0, 0.05) is 6.61 Å². The van der Waals surface area contributed by atoms with E-state index in [1.807, 2.05) is 0 Å². The van der Waals surface area contributed by atoms with E-state index in [4.69, 9.17) is 5.11 Å². The second-order valence-corrected chi connectivity index (χ2v) is 5.03. The SMILES string of the molecule is CCCCCCC(CCC)CC(C)CO. The third kappa shape index (κ3) is 8.92. The van der Waals surface area contributed by atoms with Crippen LogP contribution in [0.25, 0.3) is 0 Å². The molecule has 0 aromatic carbocycles. The number of unbranched alkanes of at least 4 members (excludes halogenated alkanes) is 3. The van der Waals surface area contributed by atoms with Crippen LogP contribution in [0.1, 0.15) is 72.1 Å². The van der Waals surface area contributed by atoms with Gasteiger partial charge in [-0.05, 0) is 18.3 Å². The Bertz CT molecular complexity index is 123. The summed E-state index contributed by atoms with van der Waals surface area (Å²) >= 11 is 0. The molecule has 0 heterocycles. The summed E-state index contributed by atoms with van der Waals surface area (Å²) in [6, 6.07) is 0. The molecule has 0 rings (SSSR count). The third-order valence-corrected chi connectivity index (χ3v) is 3.21.